The molecule has 0 bridgehead atoms. The predicted octanol–water partition coefficient (Wildman–Crippen LogP) is 2.39. The lowest BCUT2D eigenvalue weighted by Crippen LogP contribution is -2.35. The number of hydrogen-bond acceptors (Lipinski definition) is 9. The third kappa shape index (κ3) is 4.88. The molecule has 0 unspecified atom stereocenters. The van der Waals surface area contributed by atoms with E-state index in [0.717, 1.165) is 24.4 Å². The molecule has 0 atom stereocenters. The van der Waals surface area contributed by atoms with Gasteiger partial charge in [0, 0.05) is 6.07 Å². The molecule has 2 heterocycles. The van der Waals surface area contributed by atoms with E-state index < -0.39 is 49.6 Å². The van der Waals surface area contributed by atoms with Crippen molar-refractivity contribution in [2.45, 2.75) is 29.7 Å². The summed E-state index contributed by atoms with van der Waals surface area (Å²) in [7, 11) is -4.34. The summed E-state index contributed by atoms with van der Waals surface area (Å²) >= 11 is 12.4. The molecule has 0 saturated heterocycles. The predicted molar refractivity (Wildman–Crippen MR) is 119 cm³/mol. The van der Waals surface area contributed by atoms with E-state index in [1.807, 2.05) is 6.07 Å². The van der Waals surface area contributed by atoms with Gasteiger partial charge in [0.2, 0.25) is 15.9 Å². The van der Waals surface area contributed by atoms with Crippen molar-refractivity contribution in [1.29, 1.82) is 5.26 Å². The van der Waals surface area contributed by atoms with Gasteiger partial charge in [-0.1, -0.05) is 23.2 Å². The molecule has 1 saturated carbocycles. The minimum absolute atomic E-state index is 0.196. The SMILES string of the molecule is N#CC1(NS(=O)(=O)c2cc(Oc3c(Cl)cc(-n4nc(C(F)F)c(=O)[nH]c4=O)cc3Cl)ncc2O)CC1. The number of alkyl halides is 2. The number of hydrogen-bond donors (Lipinski definition) is 3. The van der Waals surface area contributed by atoms with Crippen LogP contribution >= 0.6 is 23.2 Å². The van der Waals surface area contributed by atoms with Crippen LogP contribution in [0.25, 0.3) is 5.69 Å². The Labute approximate surface area is 209 Å². The molecule has 3 aromatic rings. The third-order valence-corrected chi connectivity index (χ3v) is 7.03. The van der Waals surface area contributed by atoms with Crippen molar-refractivity contribution in [3.8, 4) is 29.1 Å². The molecule has 0 radical (unpaired) electrons. The van der Waals surface area contributed by atoms with E-state index in [1.54, 1.807) is 4.98 Å². The first-order chi connectivity index (χ1) is 16.9. The van der Waals surface area contributed by atoms with Crippen LogP contribution < -0.4 is 20.7 Å². The van der Waals surface area contributed by atoms with Crippen molar-refractivity contribution in [3.05, 3.63) is 61.0 Å². The summed E-state index contributed by atoms with van der Waals surface area (Å²) in [6.45, 7) is 0. The number of H-pyrrole nitrogens is 1. The van der Waals surface area contributed by atoms with Crippen LogP contribution in [0.2, 0.25) is 10.0 Å². The number of aromatic nitrogens is 4. The molecule has 2 aromatic heterocycles. The summed E-state index contributed by atoms with van der Waals surface area (Å²) in [5.41, 5.74) is -5.15. The van der Waals surface area contributed by atoms with E-state index in [1.165, 1.54) is 0 Å². The molecular formula is C19H12Cl2F2N6O6S. The maximum atomic E-state index is 13.0. The van der Waals surface area contributed by atoms with Crippen LogP contribution in [0.4, 0.5) is 8.78 Å². The average molecular weight is 561 g/mol. The molecule has 0 spiro atoms. The lowest BCUT2D eigenvalue weighted by atomic mass is 10.3. The fraction of sp³-hybridized carbons (Fsp3) is 0.211. The standard InChI is InChI=1S/C19H12Cl2F2N6O6S/c20-9-3-8(29-18(32)26-17(31)14(27-29)16(22)23)4-10(21)15(9)35-13-5-12(11(30)6-25-13)36(33,34)28-19(7-24)1-2-19/h3-6,16,28,30H,1-2H2,(H,26,31,32). The first-order valence-corrected chi connectivity index (χ1v) is 11.9. The second kappa shape index (κ2) is 9.13. The number of nitrogens with zero attached hydrogens (tertiary/aromatic N) is 4. The van der Waals surface area contributed by atoms with E-state index in [0.29, 0.717) is 17.5 Å². The quantitative estimate of drug-likeness (QED) is 0.390. The summed E-state index contributed by atoms with van der Waals surface area (Å²) in [5, 5.41) is 22.0. The maximum Gasteiger partial charge on any atom is 0.349 e. The Bertz CT molecular complexity index is 1630. The zero-order valence-corrected chi connectivity index (χ0v) is 19.8. The maximum absolute atomic E-state index is 13.0. The van der Waals surface area contributed by atoms with Crippen LogP contribution in [-0.2, 0) is 10.0 Å². The van der Waals surface area contributed by atoms with Gasteiger partial charge in [0.15, 0.2) is 17.2 Å². The second-order valence-corrected chi connectivity index (χ2v) is 9.95. The highest BCUT2D eigenvalue weighted by atomic mass is 35.5. The van der Waals surface area contributed by atoms with Crippen molar-refractivity contribution in [3.63, 3.8) is 0 Å². The summed E-state index contributed by atoms with van der Waals surface area (Å²) in [5.74, 6) is -1.35. The molecule has 17 heteroatoms. The van der Waals surface area contributed by atoms with Gasteiger partial charge in [0.1, 0.15) is 10.4 Å². The van der Waals surface area contributed by atoms with E-state index in [-0.39, 0.29) is 27.4 Å². The number of nitriles is 1. The van der Waals surface area contributed by atoms with Crippen molar-refractivity contribution in [2.24, 2.45) is 0 Å². The van der Waals surface area contributed by atoms with Gasteiger partial charge in [-0.05, 0) is 25.0 Å². The topological polar surface area (TPSA) is 180 Å². The lowest BCUT2D eigenvalue weighted by molar-refractivity contribution is 0.141. The lowest BCUT2D eigenvalue weighted by Gasteiger charge is -2.14. The summed E-state index contributed by atoms with van der Waals surface area (Å²) in [6.07, 6.45) is -1.86. The molecule has 1 aliphatic carbocycles. The normalized spacial score (nSPS) is 14.4. The molecule has 1 aromatic carbocycles. The molecule has 1 aliphatic rings. The van der Waals surface area contributed by atoms with Crippen LogP contribution in [0.1, 0.15) is 25.0 Å². The number of aromatic hydroxyl groups is 1. The first-order valence-electron chi connectivity index (χ1n) is 9.69. The zero-order chi connectivity index (χ0) is 26.4. The number of sulfonamides is 1. The van der Waals surface area contributed by atoms with E-state index in [4.69, 9.17) is 33.2 Å². The van der Waals surface area contributed by atoms with Gasteiger partial charge >= 0.3 is 5.69 Å². The van der Waals surface area contributed by atoms with E-state index in [9.17, 15) is 31.9 Å². The van der Waals surface area contributed by atoms with Crippen LogP contribution in [-0.4, -0.2) is 38.8 Å². The van der Waals surface area contributed by atoms with Gasteiger partial charge in [-0.25, -0.2) is 27.0 Å². The highest BCUT2D eigenvalue weighted by Crippen LogP contribution is 2.40. The second-order valence-electron chi connectivity index (χ2n) is 7.49. The Morgan fingerprint density at radius 3 is 2.44 bits per heavy atom. The van der Waals surface area contributed by atoms with Crippen molar-refractivity contribution in [2.75, 3.05) is 0 Å². The van der Waals surface area contributed by atoms with Gasteiger partial charge in [-0.2, -0.15) is 19.8 Å². The molecule has 4 rings (SSSR count). The van der Waals surface area contributed by atoms with Crippen LogP contribution in [0.3, 0.4) is 0 Å². The van der Waals surface area contributed by atoms with Gasteiger partial charge in [-0.15, -0.1) is 0 Å². The summed E-state index contributed by atoms with van der Waals surface area (Å²) in [6, 6.07) is 4.86. The molecular weight excluding hydrogens is 549 g/mol. The molecule has 188 valence electrons. The van der Waals surface area contributed by atoms with Crippen molar-refractivity contribution in [1.82, 2.24) is 24.5 Å². The van der Waals surface area contributed by atoms with Gasteiger partial charge < -0.3 is 9.84 Å². The van der Waals surface area contributed by atoms with E-state index in [2.05, 4.69) is 14.8 Å². The average Bonchev–Trinajstić information content (AvgIpc) is 3.56. The number of ether oxygens (including phenoxy) is 1. The van der Waals surface area contributed by atoms with Crippen LogP contribution in [0.5, 0.6) is 17.4 Å². The number of rotatable bonds is 7. The first kappa shape index (κ1) is 25.5. The van der Waals surface area contributed by atoms with Crippen LogP contribution in [0.15, 0.2) is 38.9 Å². The summed E-state index contributed by atoms with van der Waals surface area (Å²) < 4.78 is 59.5. The monoisotopic (exact) mass is 560 g/mol. The van der Waals surface area contributed by atoms with Gasteiger partial charge in [-0.3, -0.25) is 9.78 Å². The minimum Gasteiger partial charge on any atom is -0.505 e. The molecule has 0 amide bonds. The van der Waals surface area contributed by atoms with Gasteiger partial charge in [0.25, 0.3) is 12.0 Å². The van der Waals surface area contributed by atoms with E-state index >= 15 is 0 Å². The number of aromatic amines is 1. The number of pyridine rings is 1. The Morgan fingerprint density at radius 2 is 1.89 bits per heavy atom. The van der Waals surface area contributed by atoms with Crippen LogP contribution in [0, 0.1) is 11.3 Å². The molecule has 3 N–H and O–H groups in total. The Balaban J connectivity index is 1.69. The number of nitrogens with one attached hydrogen (secondary N) is 2. The highest BCUT2D eigenvalue weighted by Gasteiger charge is 2.47. The molecule has 1 fully saturated rings. The Hall–Kier alpha value is -3.58. The molecule has 0 aliphatic heterocycles. The zero-order valence-electron chi connectivity index (χ0n) is 17.5. The van der Waals surface area contributed by atoms with Crippen molar-refractivity contribution < 1.29 is 27.0 Å². The smallest absolute Gasteiger partial charge is 0.349 e. The molecule has 12 nitrogen and oxygen atoms in total. The minimum atomic E-state index is -4.34. The number of halogens is 4. The number of benzene rings is 1. The fourth-order valence-electron chi connectivity index (χ4n) is 2.96. The summed E-state index contributed by atoms with van der Waals surface area (Å²) in [4.78, 5) is 28.4. The third-order valence-electron chi connectivity index (χ3n) is 4.90. The molecule has 36 heavy (non-hydrogen) atoms. The van der Waals surface area contributed by atoms with Gasteiger partial charge in [0.05, 0.1) is 28.0 Å². The van der Waals surface area contributed by atoms with Crippen molar-refractivity contribution >= 4 is 33.2 Å². The fourth-order valence-corrected chi connectivity index (χ4v) is 4.97. The Morgan fingerprint density at radius 1 is 1.25 bits per heavy atom. The highest BCUT2D eigenvalue weighted by molar-refractivity contribution is 7.89. The largest absolute Gasteiger partial charge is 0.505 e. The Kier molecular flexibility index (Phi) is 6.47.